The number of aromatic nitrogens is 4. The van der Waals surface area contributed by atoms with Crippen molar-refractivity contribution in [3.05, 3.63) is 53.4 Å². The van der Waals surface area contributed by atoms with E-state index in [1.54, 1.807) is 6.20 Å². The van der Waals surface area contributed by atoms with Crippen molar-refractivity contribution in [2.75, 3.05) is 6.61 Å². The van der Waals surface area contributed by atoms with E-state index in [2.05, 4.69) is 25.4 Å². The van der Waals surface area contributed by atoms with Crippen LogP contribution in [0.3, 0.4) is 0 Å². The number of carbonyl (C=O) groups is 1. The van der Waals surface area contributed by atoms with Gasteiger partial charge in [-0.3, -0.25) is 9.78 Å². The quantitative estimate of drug-likeness (QED) is 0.551. The average molecular weight is 411 g/mol. The van der Waals surface area contributed by atoms with Gasteiger partial charge in [0.1, 0.15) is 23.8 Å². The molecule has 0 aliphatic heterocycles. The minimum atomic E-state index is -0.384. The van der Waals surface area contributed by atoms with Gasteiger partial charge in [-0.1, -0.05) is 18.5 Å². The van der Waals surface area contributed by atoms with E-state index in [0.29, 0.717) is 17.9 Å². The number of hydrogen-bond donors (Lipinski definition) is 2. The van der Waals surface area contributed by atoms with Gasteiger partial charge >= 0.3 is 0 Å². The van der Waals surface area contributed by atoms with Crippen molar-refractivity contribution in [2.24, 2.45) is 0 Å². The number of hydrogen-bond acceptors (Lipinski definition) is 8. The molecule has 0 saturated carbocycles. The van der Waals surface area contributed by atoms with Crippen LogP contribution in [0.1, 0.15) is 47.3 Å². The Kier molecular flexibility index (Phi) is 7.08. The number of nitrogens with one attached hydrogen (secondary N) is 1. The maximum Gasteiger partial charge on any atom is 0.271 e. The smallest absolute Gasteiger partial charge is 0.271 e. The summed E-state index contributed by atoms with van der Waals surface area (Å²) in [5.41, 5.74) is 3.35. The van der Waals surface area contributed by atoms with Crippen LogP contribution in [0.15, 0.2) is 35.2 Å². The van der Waals surface area contributed by atoms with Crippen LogP contribution in [0.5, 0.6) is 5.88 Å². The zero-order valence-corrected chi connectivity index (χ0v) is 17.3. The van der Waals surface area contributed by atoms with Crippen molar-refractivity contribution < 1.29 is 19.2 Å². The molecule has 0 fully saturated rings. The van der Waals surface area contributed by atoms with Crippen LogP contribution in [0.4, 0.5) is 0 Å². The monoisotopic (exact) mass is 411 g/mol. The third-order valence-corrected chi connectivity index (χ3v) is 4.59. The van der Waals surface area contributed by atoms with E-state index in [4.69, 9.17) is 9.26 Å². The molecule has 3 aromatic heterocycles. The molecule has 9 heteroatoms. The highest BCUT2D eigenvalue weighted by Crippen LogP contribution is 2.25. The van der Waals surface area contributed by atoms with E-state index in [1.165, 1.54) is 12.4 Å². The molecular weight excluding hydrogens is 386 g/mol. The summed E-state index contributed by atoms with van der Waals surface area (Å²) in [6, 6.07) is 3.53. The lowest BCUT2D eigenvalue weighted by atomic mass is 10.1. The molecule has 0 aliphatic rings. The Morgan fingerprint density at radius 1 is 1.20 bits per heavy atom. The van der Waals surface area contributed by atoms with Gasteiger partial charge in [0.15, 0.2) is 0 Å². The Morgan fingerprint density at radius 3 is 2.67 bits per heavy atom. The largest absolute Gasteiger partial charge is 0.471 e. The summed E-state index contributed by atoms with van der Waals surface area (Å²) in [6.45, 7) is 5.77. The minimum absolute atomic E-state index is 0.120. The second kappa shape index (κ2) is 9.93. The van der Waals surface area contributed by atoms with E-state index in [-0.39, 0.29) is 36.7 Å². The number of aliphatic hydroxyl groups excluding tert-OH is 1. The number of nitrogens with zero attached hydrogens (tertiary/aromatic N) is 4. The van der Waals surface area contributed by atoms with Gasteiger partial charge in [-0.05, 0) is 32.4 Å². The predicted molar refractivity (Wildman–Crippen MR) is 109 cm³/mol. The first-order chi connectivity index (χ1) is 14.5. The second-order valence-electron chi connectivity index (χ2n) is 6.92. The van der Waals surface area contributed by atoms with Gasteiger partial charge in [0.25, 0.3) is 5.91 Å². The third kappa shape index (κ3) is 5.18. The summed E-state index contributed by atoms with van der Waals surface area (Å²) in [4.78, 5) is 24.8. The number of rotatable bonds is 9. The van der Waals surface area contributed by atoms with Crippen molar-refractivity contribution >= 4 is 5.91 Å². The molecule has 0 saturated heterocycles. The van der Waals surface area contributed by atoms with Gasteiger partial charge in [-0.15, -0.1) is 0 Å². The summed E-state index contributed by atoms with van der Waals surface area (Å²) in [5, 5.41) is 16.2. The van der Waals surface area contributed by atoms with Crippen molar-refractivity contribution in [1.82, 2.24) is 25.4 Å². The summed E-state index contributed by atoms with van der Waals surface area (Å²) in [5.74, 6) is 0.526. The van der Waals surface area contributed by atoms with E-state index in [0.717, 1.165) is 23.2 Å². The average Bonchev–Trinajstić information content (AvgIpc) is 3.13. The number of pyridine rings is 1. The van der Waals surface area contributed by atoms with Crippen LogP contribution in [-0.4, -0.2) is 43.8 Å². The van der Waals surface area contributed by atoms with Gasteiger partial charge < -0.3 is 19.7 Å². The normalized spacial score (nSPS) is 11.9. The molecule has 30 heavy (non-hydrogen) atoms. The zero-order valence-electron chi connectivity index (χ0n) is 17.3. The van der Waals surface area contributed by atoms with E-state index < -0.39 is 0 Å². The first-order valence-electron chi connectivity index (χ1n) is 9.76. The van der Waals surface area contributed by atoms with Crippen LogP contribution >= 0.6 is 0 Å². The highest BCUT2D eigenvalue weighted by molar-refractivity contribution is 5.92. The topological polar surface area (TPSA) is 123 Å². The Morgan fingerprint density at radius 2 is 2.03 bits per heavy atom. The first kappa shape index (κ1) is 21.4. The Balaban J connectivity index is 1.65. The fraction of sp³-hybridized carbons (Fsp3) is 0.381. The predicted octanol–water partition coefficient (Wildman–Crippen LogP) is 2.61. The molecule has 3 rings (SSSR count). The Bertz CT molecular complexity index is 970. The number of ether oxygens (including phenoxy) is 1. The Labute approximate surface area is 174 Å². The van der Waals surface area contributed by atoms with Gasteiger partial charge in [-0.2, -0.15) is 0 Å². The van der Waals surface area contributed by atoms with Crippen molar-refractivity contribution in [2.45, 2.75) is 46.3 Å². The van der Waals surface area contributed by atoms with Gasteiger partial charge in [0.2, 0.25) is 5.88 Å². The molecule has 3 heterocycles. The standard InChI is InChI=1S/C21H25N5O4/c1-4-5-16(11-27)25-21(28)18-9-24-19(10-23-18)29-12-17-14(3)30-26-20(17)15-7-6-13(2)22-8-15/h6-10,16,27H,4-5,11-12H2,1-3H3,(H,25,28)/t16-/m0/s1. The highest BCUT2D eigenvalue weighted by Gasteiger charge is 2.17. The molecule has 9 nitrogen and oxygen atoms in total. The molecule has 1 atom stereocenters. The maximum atomic E-state index is 12.2. The molecule has 0 spiro atoms. The molecule has 2 N–H and O–H groups in total. The molecule has 0 radical (unpaired) electrons. The van der Waals surface area contributed by atoms with E-state index in [9.17, 15) is 9.90 Å². The lowest BCUT2D eigenvalue weighted by Crippen LogP contribution is -2.37. The lowest BCUT2D eigenvalue weighted by molar-refractivity contribution is 0.0907. The molecule has 158 valence electrons. The fourth-order valence-electron chi connectivity index (χ4n) is 2.87. The molecule has 0 aliphatic carbocycles. The van der Waals surface area contributed by atoms with Crippen LogP contribution in [0, 0.1) is 13.8 Å². The molecule has 0 aromatic carbocycles. The number of amides is 1. The lowest BCUT2D eigenvalue weighted by Gasteiger charge is -2.14. The molecule has 3 aromatic rings. The van der Waals surface area contributed by atoms with Gasteiger partial charge in [0.05, 0.1) is 30.6 Å². The van der Waals surface area contributed by atoms with E-state index in [1.807, 2.05) is 32.9 Å². The summed E-state index contributed by atoms with van der Waals surface area (Å²) in [7, 11) is 0. The van der Waals surface area contributed by atoms with Crippen LogP contribution in [-0.2, 0) is 6.61 Å². The summed E-state index contributed by atoms with van der Waals surface area (Å²) >= 11 is 0. The van der Waals surface area contributed by atoms with Crippen molar-refractivity contribution in [3.63, 3.8) is 0 Å². The van der Waals surface area contributed by atoms with Crippen molar-refractivity contribution in [3.8, 4) is 17.1 Å². The van der Waals surface area contributed by atoms with Crippen molar-refractivity contribution in [1.29, 1.82) is 0 Å². The molecular formula is C21H25N5O4. The van der Waals surface area contributed by atoms with Crippen LogP contribution in [0.2, 0.25) is 0 Å². The minimum Gasteiger partial charge on any atom is -0.471 e. The summed E-state index contributed by atoms with van der Waals surface area (Å²) < 4.78 is 11.0. The Hall–Kier alpha value is -3.33. The zero-order chi connectivity index (χ0) is 21.5. The first-order valence-corrected chi connectivity index (χ1v) is 9.76. The highest BCUT2D eigenvalue weighted by atomic mass is 16.5. The number of aliphatic hydroxyl groups is 1. The number of aryl methyl sites for hydroxylation is 2. The number of carbonyl (C=O) groups excluding carboxylic acids is 1. The van der Waals surface area contributed by atoms with Gasteiger partial charge in [0, 0.05) is 17.5 Å². The molecule has 1 amide bonds. The fourth-order valence-corrected chi connectivity index (χ4v) is 2.87. The third-order valence-electron chi connectivity index (χ3n) is 4.59. The molecule has 0 bridgehead atoms. The van der Waals surface area contributed by atoms with Crippen LogP contribution < -0.4 is 10.1 Å². The molecule has 0 unspecified atom stereocenters. The van der Waals surface area contributed by atoms with E-state index >= 15 is 0 Å². The second-order valence-corrected chi connectivity index (χ2v) is 6.92. The van der Waals surface area contributed by atoms with Gasteiger partial charge in [-0.25, -0.2) is 9.97 Å². The summed E-state index contributed by atoms with van der Waals surface area (Å²) in [6.07, 6.45) is 6.01. The SMILES string of the molecule is CCC[C@@H](CO)NC(=O)c1cnc(OCc2c(-c3ccc(C)nc3)noc2C)cn1. The van der Waals surface area contributed by atoms with Crippen LogP contribution in [0.25, 0.3) is 11.3 Å². The maximum absolute atomic E-state index is 12.2.